The summed E-state index contributed by atoms with van der Waals surface area (Å²) in [6.07, 6.45) is 7.77. The first kappa shape index (κ1) is 17.3. The Hall–Kier alpha value is -3.77. The lowest BCUT2D eigenvalue weighted by Crippen LogP contribution is -2.03. The minimum absolute atomic E-state index is 0.434. The number of imidazole rings is 1. The Morgan fingerprint density at radius 1 is 1.03 bits per heavy atom. The molecule has 1 aromatic carbocycles. The molecule has 4 N–H and O–H groups in total. The number of anilines is 1. The first-order valence-corrected chi connectivity index (χ1v) is 9.44. The van der Waals surface area contributed by atoms with Crippen molar-refractivity contribution >= 4 is 22.6 Å². The van der Waals surface area contributed by atoms with Crippen molar-refractivity contribution in [3.8, 4) is 17.1 Å². The molecule has 29 heavy (non-hydrogen) atoms. The summed E-state index contributed by atoms with van der Waals surface area (Å²) >= 11 is 0. The van der Waals surface area contributed by atoms with Gasteiger partial charge in [-0.3, -0.25) is 4.57 Å². The fourth-order valence-electron chi connectivity index (χ4n) is 3.58. The van der Waals surface area contributed by atoms with Gasteiger partial charge in [0.15, 0.2) is 11.5 Å². The molecule has 6 heteroatoms. The number of aromatic nitrogens is 4. The number of hydrogen-bond donors (Lipinski definition) is 2. The van der Waals surface area contributed by atoms with Gasteiger partial charge in [-0.15, -0.1) is 0 Å². The van der Waals surface area contributed by atoms with Crippen LogP contribution in [0.2, 0.25) is 0 Å². The highest BCUT2D eigenvalue weighted by molar-refractivity contribution is 5.89. The van der Waals surface area contributed by atoms with E-state index in [2.05, 4.69) is 30.1 Å². The minimum atomic E-state index is 0.434. The Labute approximate surface area is 168 Å². The molecule has 0 unspecified atom stereocenters. The maximum Gasteiger partial charge on any atom is 0.164 e. The van der Waals surface area contributed by atoms with Crippen LogP contribution in [0.1, 0.15) is 18.1 Å². The Morgan fingerprint density at radius 3 is 2.52 bits per heavy atom. The zero-order valence-corrected chi connectivity index (χ0v) is 16.0. The maximum absolute atomic E-state index is 6.18. The van der Waals surface area contributed by atoms with E-state index < -0.39 is 0 Å². The van der Waals surface area contributed by atoms with Crippen LogP contribution in [0.15, 0.2) is 72.6 Å². The summed E-state index contributed by atoms with van der Waals surface area (Å²) in [7, 11) is 0. The van der Waals surface area contributed by atoms with Gasteiger partial charge in [-0.05, 0) is 54.0 Å². The summed E-state index contributed by atoms with van der Waals surface area (Å²) in [4.78, 5) is 13.9. The van der Waals surface area contributed by atoms with Gasteiger partial charge in [0.25, 0.3) is 0 Å². The highest BCUT2D eigenvalue weighted by Crippen LogP contribution is 2.33. The van der Waals surface area contributed by atoms with E-state index in [9.17, 15) is 0 Å². The van der Waals surface area contributed by atoms with E-state index in [0.29, 0.717) is 18.2 Å². The van der Waals surface area contributed by atoms with Crippen molar-refractivity contribution in [2.45, 2.75) is 13.5 Å². The van der Waals surface area contributed by atoms with Gasteiger partial charge < -0.3 is 11.5 Å². The lowest BCUT2D eigenvalue weighted by atomic mass is 9.94. The summed E-state index contributed by atoms with van der Waals surface area (Å²) in [5.74, 6) is 1.15. The third kappa shape index (κ3) is 2.81. The molecule has 1 aliphatic carbocycles. The Bertz CT molecular complexity index is 1290. The van der Waals surface area contributed by atoms with E-state index in [-0.39, 0.29) is 0 Å². The minimum Gasteiger partial charge on any atom is -0.383 e. The molecule has 0 saturated carbocycles. The average molecular weight is 380 g/mol. The molecule has 4 aromatic rings. The Morgan fingerprint density at radius 2 is 1.86 bits per heavy atom. The predicted octanol–water partition coefficient (Wildman–Crippen LogP) is 3.87. The highest BCUT2D eigenvalue weighted by Gasteiger charge is 2.19. The van der Waals surface area contributed by atoms with E-state index in [1.807, 2.05) is 47.2 Å². The molecule has 0 aliphatic heterocycles. The van der Waals surface area contributed by atoms with Crippen LogP contribution in [0, 0.1) is 0 Å². The second kappa shape index (κ2) is 6.68. The van der Waals surface area contributed by atoms with Gasteiger partial charge in [0.2, 0.25) is 0 Å². The molecule has 3 aromatic heterocycles. The number of allylic oxidation sites excluding steroid dienone is 4. The number of fused-ring (bicyclic) bond motifs is 1. The van der Waals surface area contributed by atoms with Crippen LogP contribution in [0.5, 0.6) is 0 Å². The van der Waals surface area contributed by atoms with Crippen LogP contribution >= 0.6 is 0 Å². The topological polar surface area (TPSA) is 95.6 Å². The molecule has 0 atom stereocenters. The lowest BCUT2D eigenvalue weighted by molar-refractivity contribution is 1.04. The molecule has 3 heterocycles. The molecule has 0 fully saturated rings. The third-order valence-electron chi connectivity index (χ3n) is 5.24. The quantitative estimate of drug-likeness (QED) is 0.560. The van der Waals surface area contributed by atoms with E-state index in [0.717, 1.165) is 33.5 Å². The maximum atomic E-state index is 6.18. The van der Waals surface area contributed by atoms with Crippen LogP contribution in [0.3, 0.4) is 0 Å². The molecule has 0 bridgehead atoms. The van der Waals surface area contributed by atoms with E-state index in [1.54, 1.807) is 6.20 Å². The van der Waals surface area contributed by atoms with E-state index >= 15 is 0 Å². The molecule has 5 rings (SSSR count). The summed E-state index contributed by atoms with van der Waals surface area (Å²) in [5, 5.41) is 0. The van der Waals surface area contributed by atoms with E-state index in [1.165, 1.54) is 11.1 Å². The van der Waals surface area contributed by atoms with Crippen molar-refractivity contribution in [1.82, 2.24) is 19.5 Å². The molecule has 1 aliphatic rings. The third-order valence-corrected chi connectivity index (χ3v) is 5.24. The van der Waals surface area contributed by atoms with Crippen LogP contribution < -0.4 is 11.5 Å². The smallest absolute Gasteiger partial charge is 0.164 e. The largest absolute Gasteiger partial charge is 0.383 e. The Balaban J connectivity index is 1.76. The standard InChI is InChI=1S/C23H20N6/c1-14-4-9-18(14)16-11-20-23(27-13-16)29(17-7-5-15(12-24)6-8-17)22(28-20)19-3-2-10-26-21(19)25/h2-11,13H,12,24H2,1H3,(H2,25,26). The number of hydrogen-bond acceptors (Lipinski definition) is 5. The van der Waals surface area contributed by atoms with Gasteiger partial charge >= 0.3 is 0 Å². The van der Waals surface area contributed by atoms with Gasteiger partial charge in [0.1, 0.15) is 11.3 Å². The van der Waals surface area contributed by atoms with Crippen molar-refractivity contribution in [2.24, 2.45) is 5.73 Å². The summed E-state index contributed by atoms with van der Waals surface area (Å²) in [5.41, 5.74) is 19.8. The number of benzene rings is 1. The molecular formula is C23H20N6. The first-order chi connectivity index (χ1) is 14.2. The van der Waals surface area contributed by atoms with Crippen LogP contribution in [0.25, 0.3) is 33.8 Å². The number of nitrogens with two attached hydrogens (primary N) is 2. The van der Waals surface area contributed by atoms with Crippen LogP contribution in [-0.4, -0.2) is 19.5 Å². The fourth-order valence-corrected chi connectivity index (χ4v) is 3.58. The van der Waals surface area contributed by atoms with Crippen molar-refractivity contribution in [1.29, 1.82) is 0 Å². The summed E-state index contributed by atoms with van der Waals surface area (Å²) in [6, 6.07) is 13.9. The zero-order chi connectivity index (χ0) is 20.0. The lowest BCUT2D eigenvalue weighted by Gasteiger charge is -2.13. The molecule has 0 saturated heterocycles. The van der Waals surface area contributed by atoms with E-state index in [4.69, 9.17) is 21.4 Å². The van der Waals surface area contributed by atoms with Crippen LogP contribution in [-0.2, 0) is 6.54 Å². The van der Waals surface area contributed by atoms with Gasteiger partial charge in [-0.1, -0.05) is 24.3 Å². The molecular weight excluding hydrogens is 360 g/mol. The molecule has 0 radical (unpaired) electrons. The van der Waals surface area contributed by atoms with Gasteiger partial charge in [0.05, 0.1) is 5.56 Å². The average Bonchev–Trinajstić information content (AvgIpc) is 3.11. The van der Waals surface area contributed by atoms with Gasteiger partial charge in [-0.25, -0.2) is 15.0 Å². The molecule has 6 nitrogen and oxygen atoms in total. The summed E-state index contributed by atoms with van der Waals surface area (Å²) < 4.78 is 2.02. The second-order valence-electron chi connectivity index (χ2n) is 7.07. The normalized spacial score (nSPS) is 13.2. The van der Waals surface area contributed by atoms with Gasteiger partial charge in [0, 0.05) is 30.2 Å². The molecule has 0 amide bonds. The summed E-state index contributed by atoms with van der Waals surface area (Å²) in [6.45, 7) is 2.59. The number of nitrogen functional groups attached to an aromatic ring is 1. The first-order valence-electron chi connectivity index (χ1n) is 9.44. The zero-order valence-electron chi connectivity index (χ0n) is 16.0. The van der Waals surface area contributed by atoms with Crippen molar-refractivity contribution in [2.75, 3.05) is 5.73 Å². The SMILES string of the molecule is CC1=C(c2cnc3c(c2)nc(-c2cccnc2N)n3-c2ccc(CN)cc2)C=C1. The second-order valence-corrected chi connectivity index (χ2v) is 7.07. The number of nitrogens with zero attached hydrogens (tertiary/aromatic N) is 4. The monoisotopic (exact) mass is 380 g/mol. The fraction of sp³-hybridized carbons (Fsp3) is 0.0870. The van der Waals surface area contributed by atoms with Crippen molar-refractivity contribution < 1.29 is 0 Å². The molecule has 0 spiro atoms. The number of rotatable bonds is 4. The number of pyridine rings is 2. The van der Waals surface area contributed by atoms with Crippen molar-refractivity contribution in [3.63, 3.8) is 0 Å². The Kier molecular flexibility index (Phi) is 4.00. The highest BCUT2D eigenvalue weighted by atomic mass is 15.1. The van der Waals surface area contributed by atoms with Gasteiger partial charge in [-0.2, -0.15) is 0 Å². The predicted molar refractivity (Wildman–Crippen MR) is 116 cm³/mol. The molecule has 142 valence electrons. The van der Waals surface area contributed by atoms with Crippen LogP contribution in [0.4, 0.5) is 5.82 Å². The van der Waals surface area contributed by atoms with Crippen molar-refractivity contribution in [3.05, 3.63) is 83.7 Å².